The van der Waals surface area contributed by atoms with Crippen LogP contribution in [0.25, 0.3) is 0 Å². The molecule has 0 heterocycles. The molecule has 2 N–H and O–H groups in total. The molecular formula is C14H11F3N2O. The Kier molecular flexibility index (Phi) is 3.93. The summed E-state index contributed by atoms with van der Waals surface area (Å²) < 4.78 is 37.1. The van der Waals surface area contributed by atoms with Crippen molar-refractivity contribution in [3.63, 3.8) is 0 Å². The lowest BCUT2D eigenvalue weighted by molar-refractivity contribution is -0.137. The van der Waals surface area contributed by atoms with Crippen LogP contribution in [0.2, 0.25) is 0 Å². The first-order valence-corrected chi connectivity index (χ1v) is 5.75. The fourth-order valence-electron chi connectivity index (χ4n) is 1.53. The van der Waals surface area contributed by atoms with Crippen molar-refractivity contribution < 1.29 is 18.0 Å². The van der Waals surface area contributed by atoms with Crippen LogP contribution in [0.4, 0.5) is 18.9 Å². The third-order valence-corrected chi connectivity index (χ3v) is 2.57. The zero-order valence-electron chi connectivity index (χ0n) is 10.2. The van der Waals surface area contributed by atoms with E-state index < -0.39 is 11.7 Å². The van der Waals surface area contributed by atoms with Gasteiger partial charge in [0.25, 0.3) is 5.91 Å². The highest BCUT2D eigenvalue weighted by Crippen LogP contribution is 2.29. The van der Waals surface area contributed by atoms with Crippen LogP contribution >= 0.6 is 0 Å². The fraction of sp³-hybridized carbons (Fsp3) is 0.0714. The van der Waals surface area contributed by atoms with E-state index in [4.69, 9.17) is 0 Å². The van der Waals surface area contributed by atoms with E-state index in [9.17, 15) is 18.0 Å². The van der Waals surface area contributed by atoms with E-state index in [1.54, 1.807) is 30.3 Å². The van der Waals surface area contributed by atoms with Crippen molar-refractivity contribution in [2.75, 3.05) is 5.43 Å². The van der Waals surface area contributed by atoms with Gasteiger partial charge in [-0.2, -0.15) is 13.2 Å². The number of hydrazine groups is 1. The summed E-state index contributed by atoms with van der Waals surface area (Å²) >= 11 is 0. The van der Waals surface area contributed by atoms with Crippen LogP contribution in [-0.4, -0.2) is 5.91 Å². The molecule has 2 aromatic rings. The van der Waals surface area contributed by atoms with E-state index in [0.717, 1.165) is 12.1 Å². The number of anilines is 1. The molecule has 0 aliphatic carbocycles. The third-order valence-electron chi connectivity index (χ3n) is 2.57. The highest BCUT2D eigenvalue weighted by molar-refractivity contribution is 5.94. The van der Waals surface area contributed by atoms with Crippen LogP contribution in [0.1, 0.15) is 15.9 Å². The van der Waals surface area contributed by atoms with E-state index in [2.05, 4.69) is 10.9 Å². The monoisotopic (exact) mass is 280 g/mol. The minimum atomic E-state index is -4.37. The number of rotatable bonds is 3. The average Bonchev–Trinajstić information content (AvgIpc) is 2.45. The van der Waals surface area contributed by atoms with Gasteiger partial charge in [-0.05, 0) is 36.4 Å². The van der Waals surface area contributed by atoms with E-state index in [1.165, 1.54) is 12.1 Å². The van der Waals surface area contributed by atoms with Gasteiger partial charge in [-0.15, -0.1) is 0 Å². The van der Waals surface area contributed by atoms with Crippen LogP contribution in [0.3, 0.4) is 0 Å². The number of amides is 1. The summed E-state index contributed by atoms with van der Waals surface area (Å²) in [6.45, 7) is 0. The summed E-state index contributed by atoms with van der Waals surface area (Å²) in [5, 5.41) is 0. The second kappa shape index (κ2) is 5.64. The summed E-state index contributed by atoms with van der Waals surface area (Å²) in [7, 11) is 0. The highest BCUT2D eigenvalue weighted by atomic mass is 19.4. The zero-order valence-corrected chi connectivity index (χ0v) is 10.2. The maximum Gasteiger partial charge on any atom is 0.416 e. The molecule has 0 aliphatic rings. The van der Waals surface area contributed by atoms with Crippen LogP contribution in [-0.2, 0) is 6.18 Å². The SMILES string of the molecule is O=C(NNc1ccc(C(F)(F)F)cc1)c1ccccc1. The maximum absolute atomic E-state index is 12.4. The molecule has 0 unspecified atom stereocenters. The molecule has 0 aromatic heterocycles. The Morgan fingerprint density at radius 3 is 2.05 bits per heavy atom. The van der Waals surface area contributed by atoms with Gasteiger partial charge in [0.05, 0.1) is 11.3 Å². The largest absolute Gasteiger partial charge is 0.416 e. The first-order valence-electron chi connectivity index (χ1n) is 5.75. The molecule has 0 saturated heterocycles. The molecule has 0 spiro atoms. The molecule has 0 saturated carbocycles. The molecule has 1 amide bonds. The zero-order chi connectivity index (χ0) is 14.6. The van der Waals surface area contributed by atoms with Gasteiger partial charge in [-0.25, -0.2) is 0 Å². The van der Waals surface area contributed by atoms with Crippen LogP contribution in [0.5, 0.6) is 0 Å². The van der Waals surface area contributed by atoms with Crippen LogP contribution in [0.15, 0.2) is 54.6 Å². The second-order valence-corrected chi connectivity index (χ2v) is 4.02. The van der Waals surface area contributed by atoms with E-state index >= 15 is 0 Å². The van der Waals surface area contributed by atoms with Crippen molar-refractivity contribution in [1.29, 1.82) is 0 Å². The molecular weight excluding hydrogens is 269 g/mol. The first kappa shape index (κ1) is 13.9. The lowest BCUT2D eigenvalue weighted by atomic mass is 10.2. The number of benzene rings is 2. The summed E-state index contributed by atoms with van der Waals surface area (Å²) in [6, 6.07) is 12.8. The van der Waals surface area contributed by atoms with Gasteiger partial charge >= 0.3 is 6.18 Å². The van der Waals surface area contributed by atoms with Crippen molar-refractivity contribution in [2.24, 2.45) is 0 Å². The molecule has 0 atom stereocenters. The molecule has 2 aromatic carbocycles. The topological polar surface area (TPSA) is 41.1 Å². The van der Waals surface area contributed by atoms with Crippen molar-refractivity contribution in [3.05, 3.63) is 65.7 Å². The standard InChI is InChI=1S/C14H11F3N2O/c15-14(16,17)11-6-8-12(9-7-11)18-19-13(20)10-4-2-1-3-5-10/h1-9,18H,(H,19,20). The number of hydrogen-bond acceptors (Lipinski definition) is 2. The van der Waals surface area contributed by atoms with Crippen LogP contribution < -0.4 is 10.9 Å². The van der Waals surface area contributed by atoms with Gasteiger partial charge in [0.2, 0.25) is 0 Å². The third kappa shape index (κ3) is 3.50. The smallest absolute Gasteiger partial charge is 0.298 e. The Balaban J connectivity index is 1.96. The lowest BCUT2D eigenvalue weighted by Crippen LogP contribution is -2.29. The molecule has 2 rings (SSSR count). The fourth-order valence-corrected chi connectivity index (χ4v) is 1.53. The van der Waals surface area contributed by atoms with Gasteiger partial charge < -0.3 is 0 Å². The minimum Gasteiger partial charge on any atom is -0.298 e. The highest BCUT2D eigenvalue weighted by Gasteiger charge is 2.29. The second-order valence-electron chi connectivity index (χ2n) is 4.02. The van der Waals surface area contributed by atoms with E-state index in [0.29, 0.717) is 11.3 Å². The normalized spacial score (nSPS) is 10.9. The molecule has 20 heavy (non-hydrogen) atoms. The lowest BCUT2D eigenvalue weighted by Gasteiger charge is -2.10. The van der Waals surface area contributed by atoms with Crippen molar-refractivity contribution in [1.82, 2.24) is 5.43 Å². The molecule has 0 radical (unpaired) electrons. The van der Waals surface area contributed by atoms with Gasteiger partial charge in [0.15, 0.2) is 0 Å². The van der Waals surface area contributed by atoms with Gasteiger partial charge in [-0.1, -0.05) is 18.2 Å². The van der Waals surface area contributed by atoms with Crippen molar-refractivity contribution in [2.45, 2.75) is 6.18 Å². The Labute approximate surface area is 113 Å². The summed E-state index contributed by atoms with van der Waals surface area (Å²) in [5.41, 5.74) is 5.03. The molecule has 6 heteroatoms. The number of carbonyl (C=O) groups is 1. The van der Waals surface area contributed by atoms with Crippen LogP contribution in [0, 0.1) is 0 Å². The summed E-state index contributed by atoms with van der Waals surface area (Å²) in [6.07, 6.45) is -4.37. The number of alkyl halides is 3. The minimum absolute atomic E-state index is 0.363. The van der Waals surface area contributed by atoms with Gasteiger partial charge in [0, 0.05) is 5.56 Å². The number of hydrogen-bond donors (Lipinski definition) is 2. The Morgan fingerprint density at radius 1 is 0.900 bits per heavy atom. The Hall–Kier alpha value is -2.50. The Bertz CT molecular complexity index is 580. The average molecular weight is 280 g/mol. The summed E-state index contributed by atoms with van der Waals surface area (Å²) in [5.74, 6) is -0.370. The molecule has 0 aliphatic heterocycles. The number of halogens is 3. The number of carbonyl (C=O) groups excluding carboxylic acids is 1. The van der Waals surface area contributed by atoms with Gasteiger partial charge in [0.1, 0.15) is 0 Å². The maximum atomic E-state index is 12.4. The predicted molar refractivity (Wildman–Crippen MR) is 69.0 cm³/mol. The molecule has 3 nitrogen and oxygen atoms in total. The van der Waals surface area contributed by atoms with Crippen molar-refractivity contribution >= 4 is 11.6 Å². The first-order chi connectivity index (χ1) is 9.47. The quantitative estimate of drug-likeness (QED) is 0.845. The van der Waals surface area contributed by atoms with Crippen molar-refractivity contribution in [3.8, 4) is 0 Å². The van der Waals surface area contributed by atoms with E-state index in [1.807, 2.05) is 0 Å². The molecule has 104 valence electrons. The molecule has 0 bridgehead atoms. The van der Waals surface area contributed by atoms with E-state index in [-0.39, 0.29) is 5.91 Å². The Morgan fingerprint density at radius 2 is 1.50 bits per heavy atom. The summed E-state index contributed by atoms with van der Waals surface area (Å²) in [4.78, 5) is 11.7. The van der Waals surface area contributed by atoms with Gasteiger partial charge in [-0.3, -0.25) is 15.6 Å². The number of nitrogens with one attached hydrogen (secondary N) is 2. The molecule has 0 fully saturated rings. The predicted octanol–water partition coefficient (Wildman–Crippen LogP) is 3.46.